The second-order valence-corrected chi connectivity index (χ2v) is 6.12. The topological polar surface area (TPSA) is 66.9 Å². The molecule has 2 rings (SSSR count). The summed E-state index contributed by atoms with van der Waals surface area (Å²) in [5.74, 6) is 0.256. The van der Waals surface area contributed by atoms with Crippen LogP contribution in [0.3, 0.4) is 0 Å². The van der Waals surface area contributed by atoms with Crippen LogP contribution in [0.15, 0.2) is 30.6 Å². The number of carbonyl (C=O) groups is 1. The summed E-state index contributed by atoms with van der Waals surface area (Å²) in [6, 6.07) is 3.12. The lowest BCUT2D eigenvalue weighted by Crippen LogP contribution is -2.16. The first kappa shape index (κ1) is 19.0. The summed E-state index contributed by atoms with van der Waals surface area (Å²) in [6.07, 6.45) is -1.97. The van der Waals surface area contributed by atoms with Crippen molar-refractivity contribution in [2.24, 2.45) is 5.92 Å². The number of nitrogens with one attached hydrogen (secondary N) is 2. The van der Waals surface area contributed by atoms with Gasteiger partial charge in [0.2, 0.25) is 0 Å². The van der Waals surface area contributed by atoms with Crippen molar-refractivity contribution in [3.05, 3.63) is 46.9 Å². The number of halogens is 4. The fourth-order valence-electron chi connectivity index (χ4n) is 1.86. The summed E-state index contributed by atoms with van der Waals surface area (Å²) in [4.78, 5) is 20.1. The van der Waals surface area contributed by atoms with Crippen molar-refractivity contribution < 1.29 is 18.0 Å². The van der Waals surface area contributed by atoms with Gasteiger partial charge in [0.25, 0.3) is 5.91 Å². The van der Waals surface area contributed by atoms with E-state index < -0.39 is 22.7 Å². The van der Waals surface area contributed by atoms with Gasteiger partial charge in [-0.2, -0.15) is 13.2 Å². The van der Waals surface area contributed by atoms with E-state index in [2.05, 4.69) is 20.6 Å². The van der Waals surface area contributed by atoms with Crippen molar-refractivity contribution in [2.45, 2.75) is 20.0 Å². The number of rotatable bonds is 5. The van der Waals surface area contributed by atoms with Gasteiger partial charge in [-0.15, -0.1) is 0 Å². The molecule has 25 heavy (non-hydrogen) atoms. The van der Waals surface area contributed by atoms with Crippen LogP contribution in [0.25, 0.3) is 0 Å². The third-order valence-electron chi connectivity index (χ3n) is 3.11. The molecule has 1 aromatic heterocycles. The number of hydrogen-bond donors (Lipinski definition) is 2. The number of alkyl halides is 3. The number of benzene rings is 1. The summed E-state index contributed by atoms with van der Waals surface area (Å²) in [6.45, 7) is 4.76. The van der Waals surface area contributed by atoms with Crippen molar-refractivity contribution in [2.75, 3.05) is 17.2 Å². The first-order chi connectivity index (χ1) is 11.7. The smallest absolute Gasteiger partial charge is 0.369 e. The maximum atomic E-state index is 12.8. The van der Waals surface area contributed by atoms with Crippen LogP contribution in [0.4, 0.5) is 24.7 Å². The van der Waals surface area contributed by atoms with Crippen LogP contribution in [-0.4, -0.2) is 22.4 Å². The van der Waals surface area contributed by atoms with E-state index in [0.717, 1.165) is 12.1 Å². The van der Waals surface area contributed by atoms with Gasteiger partial charge >= 0.3 is 6.18 Å². The molecule has 2 N–H and O–H groups in total. The van der Waals surface area contributed by atoms with Crippen LogP contribution in [0, 0.1) is 5.92 Å². The summed E-state index contributed by atoms with van der Waals surface area (Å²) in [5.41, 5.74) is -1.07. The third kappa shape index (κ3) is 5.32. The average molecular weight is 373 g/mol. The molecule has 0 spiro atoms. The zero-order chi connectivity index (χ0) is 18.6. The Morgan fingerprint density at radius 2 is 1.96 bits per heavy atom. The van der Waals surface area contributed by atoms with Gasteiger partial charge in [-0.05, 0) is 24.1 Å². The number of nitrogens with zero attached hydrogens (tertiary/aromatic N) is 2. The molecule has 0 atom stereocenters. The predicted octanol–water partition coefficient (Wildman–Crippen LogP) is 4.47. The van der Waals surface area contributed by atoms with Crippen LogP contribution in [0.1, 0.15) is 29.9 Å². The molecule has 0 radical (unpaired) electrons. The molecular weight excluding hydrogens is 357 g/mol. The van der Waals surface area contributed by atoms with E-state index >= 15 is 0 Å². The number of amides is 1. The maximum absolute atomic E-state index is 12.8. The van der Waals surface area contributed by atoms with E-state index in [1.807, 2.05) is 13.8 Å². The highest BCUT2D eigenvalue weighted by atomic mass is 35.5. The Morgan fingerprint density at radius 3 is 2.52 bits per heavy atom. The molecule has 5 nitrogen and oxygen atoms in total. The van der Waals surface area contributed by atoms with Crippen molar-refractivity contribution in [3.8, 4) is 0 Å². The zero-order valence-electron chi connectivity index (χ0n) is 13.5. The standard InChI is InChI=1S/C16H16ClF3N4O/c1-9(2)6-22-14-8-21-13(7-23-14)15(25)24-10-3-4-12(17)11(5-10)16(18,19)20/h3-5,7-9H,6H2,1-2H3,(H,22,23)(H,24,25). The lowest BCUT2D eigenvalue weighted by Gasteiger charge is -2.12. The molecule has 0 saturated carbocycles. The minimum atomic E-state index is -4.61. The Hall–Kier alpha value is -2.35. The highest BCUT2D eigenvalue weighted by Crippen LogP contribution is 2.36. The quantitative estimate of drug-likeness (QED) is 0.812. The third-order valence-corrected chi connectivity index (χ3v) is 3.44. The van der Waals surface area contributed by atoms with Crippen LogP contribution >= 0.6 is 11.6 Å². The second-order valence-electron chi connectivity index (χ2n) is 5.71. The molecule has 1 heterocycles. The molecule has 1 amide bonds. The first-order valence-corrected chi connectivity index (χ1v) is 7.78. The second kappa shape index (κ2) is 7.69. The van der Waals surface area contributed by atoms with Gasteiger partial charge in [0.1, 0.15) is 11.5 Å². The predicted molar refractivity (Wildman–Crippen MR) is 89.8 cm³/mol. The molecule has 0 aliphatic rings. The van der Waals surface area contributed by atoms with Crippen LogP contribution in [0.2, 0.25) is 5.02 Å². The average Bonchev–Trinajstić information content (AvgIpc) is 2.54. The Balaban J connectivity index is 2.09. The molecule has 1 aromatic carbocycles. The van der Waals surface area contributed by atoms with E-state index in [-0.39, 0.29) is 11.4 Å². The first-order valence-electron chi connectivity index (χ1n) is 7.41. The Labute approximate surface area is 147 Å². The van der Waals surface area contributed by atoms with Gasteiger partial charge in [-0.3, -0.25) is 4.79 Å². The fourth-order valence-corrected chi connectivity index (χ4v) is 2.09. The van der Waals surface area contributed by atoms with Crippen molar-refractivity contribution in [1.29, 1.82) is 0 Å². The molecule has 0 bridgehead atoms. The van der Waals surface area contributed by atoms with Crippen molar-refractivity contribution in [1.82, 2.24) is 9.97 Å². The van der Waals surface area contributed by atoms with Crippen LogP contribution < -0.4 is 10.6 Å². The van der Waals surface area contributed by atoms with Gasteiger partial charge in [0.05, 0.1) is 23.0 Å². The van der Waals surface area contributed by atoms with E-state index in [4.69, 9.17) is 11.6 Å². The summed E-state index contributed by atoms with van der Waals surface area (Å²) >= 11 is 5.54. The van der Waals surface area contributed by atoms with E-state index in [9.17, 15) is 18.0 Å². The highest BCUT2D eigenvalue weighted by molar-refractivity contribution is 6.31. The van der Waals surface area contributed by atoms with E-state index in [1.165, 1.54) is 18.5 Å². The molecule has 0 unspecified atom stereocenters. The minimum absolute atomic E-state index is 0.0152. The molecule has 9 heteroatoms. The molecule has 0 saturated heterocycles. The maximum Gasteiger partial charge on any atom is 0.417 e. The SMILES string of the molecule is CC(C)CNc1cnc(C(=O)Nc2ccc(Cl)c(C(F)(F)F)c2)cn1. The normalized spacial score (nSPS) is 11.5. The molecule has 0 aliphatic carbocycles. The number of anilines is 2. The largest absolute Gasteiger partial charge is 0.417 e. The monoisotopic (exact) mass is 372 g/mol. The number of carbonyl (C=O) groups excluding carboxylic acids is 1. The van der Waals surface area contributed by atoms with Gasteiger partial charge in [-0.1, -0.05) is 25.4 Å². The lowest BCUT2D eigenvalue weighted by atomic mass is 10.2. The van der Waals surface area contributed by atoms with E-state index in [1.54, 1.807) is 0 Å². The van der Waals surface area contributed by atoms with Crippen LogP contribution in [0.5, 0.6) is 0 Å². The molecule has 134 valence electrons. The number of aromatic nitrogens is 2. The summed E-state index contributed by atoms with van der Waals surface area (Å²) in [5, 5.41) is 4.95. The zero-order valence-corrected chi connectivity index (χ0v) is 14.2. The lowest BCUT2D eigenvalue weighted by molar-refractivity contribution is -0.137. The van der Waals surface area contributed by atoms with Crippen molar-refractivity contribution >= 4 is 29.0 Å². The molecular formula is C16H16ClF3N4O. The van der Waals surface area contributed by atoms with E-state index in [0.29, 0.717) is 18.3 Å². The van der Waals surface area contributed by atoms with Gasteiger partial charge < -0.3 is 10.6 Å². The van der Waals surface area contributed by atoms with Crippen LogP contribution in [-0.2, 0) is 6.18 Å². The highest BCUT2D eigenvalue weighted by Gasteiger charge is 2.33. The number of hydrogen-bond acceptors (Lipinski definition) is 4. The Morgan fingerprint density at radius 1 is 1.24 bits per heavy atom. The Bertz CT molecular complexity index is 748. The van der Waals surface area contributed by atoms with Gasteiger partial charge in [0, 0.05) is 12.2 Å². The van der Waals surface area contributed by atoms with Gasteiger partial charge in [-0.25, -0.2) is 9.97 Å². The molecule has 0 aliphatic heterocycles. The fraction of sp³-hybridized carbons (Fsp3) is 0.312. The summed E-state index contributed by atoms with van der Waals surface area (Å²) in [7, 11) is 0. The molecule has 0 fully saturated rings. The minimum Gasteiger partial charge on any atom is -0.369 e. The summed E-state index contributed by atoms with van der Waals surface area (Å²) < 4.78 is 38.5. The van der Waals surface area contributed by atoms with Gasteiger partial charge in [0.15, 0.2) is 0 Å². The van der Waals surface area contributed by atoms with Crippen molar-refractivity contribution in [3.63, 3.8) is 0 Å². The molecule has 2 aromatic rings. The Kier molecular flexibility index (Phi) is 5.84.